The van der Waals surface area contributed by atoms with Crippen LogP contribution in [0.2, 0.25) is 0 Å². The lowest BCUT2D eigenvalue weighted by Gasteiger charge is -2.37. The Bertz CT molecular complexity index is 1070. The lowest BCUT2D eigenvalue weighted by Crippen LogP contribution is -2.51. The number of morpholine rings is 1. The van der Waals surface area contributed by atoms with E-state index in [1.807, 2.05) is 40.1 Å². The molecule has 5 rings (SSSR count). The number of ether oxygens (including phenoxy) is 1. The van der Waals surface area contributed by atoms with Crippen LogP contribution >= 0.6 is 0 Å². The molecule has 0 atom stereocenters. The van der Waals surface area contributed by atoms with E-state index in [4.69, 9.17) is 9.72 Å². The van der Waals surface area contributed by atoms with E-state index in [1.54, 1.807) is 0 Å². The maximum absolute atomic E-state index is 13.3. The van der Waals surface area contributed by atoms with Crippen LogP contribution in [0.25, 0.3) is 11.0 Å². The van der Waals surface area contributed by atoms with Gasteiger partial charge in [0.1, 0.15) is 5.82 Å². The maximum Gasteiger partial charge on any atom is 0.320 e. The van der Waals surface area contributed by atoms with E-state index < -0.39 is 0 Å². The highest BCUT2D eigenvalue weighted by Crippen LogP contribution is 2.24. The summed E-state index contributed by atoms with van der Waals surface area (Å²) in [5.74, 6) is 0.578. The van der Waals surface area contributed by atoms with E-state index in [9.17, 15) is 9.18 Å². The molecule has 2 amide bonds. The molecule has 8 heteroatoms. The number of benzene rings is 2. The van der Waals surface area contributed by atoms with Crippen molar-refractivity contribution >= 4 is 23.0 Å². The second kappa shape index (κ2) is 9.16. The number of amides is 2. The van der Waals surface area contributed by atoms with Gasteiger partial charge in [0.25, 0.3) is 0 Å². The van der Waals surface area contributed by atoms with Gasteiger partial charge in [-0.05, 0) is 42.7 Å². The summed E-state index contributed by atoms with van der Waals surface area (Å²) in [6, 6.07) is 15.0. The number of hydrogen-bond acceptors (Lipinski definition) is 4. The molecule has 3 heterocycles. The number of halogens is 1. The van der Waals surface area contributed by atoms with Crippen LogP contribution in [0.1, 0.15) is 18.4 Å². The monoisotopic (exact) mass is 437 g/mol. The van der Waals surface area contributed by atoms with Crippen LogP contribution in [0, 0.1) is 5.82 Å². The molecule has 0 unspecified atom stereocenters. The molecule has 32 heavy (non-hydrogen) atoms. The number of imidazole rings is 1. The molecule has 2 aromatic carbocycles. The van der Waals surface area contributed by atoms with Gasteiger partial charge in [-0.15, -0.1) is 0 Å². The molecule has 1 N–H and O–H groups in total. The summed E-state index contributed by atoms with van der Waals surface area (Å²) in [6.07, 6.45) is 1.74. The Morgan fingerprint density at radius 3 is 2.44 bits per heavy atom. The third-order valence-electron chi connectivity index (χ3n) is 6.29. The Morgan fingerprint density at radius 2 is 1.69 bits per heavy atom. The van der Waals surface area contributed by atoms with Crippen molar-refractivity contribution in [2.75, 3.05) is 44.7 Å². The third kappa shape index (κ3) is 4.41. The highest BCUT2D eigenvalue weighted by atomic mass is 19.1. The molecular weight excluding hydrogens is 409 g/mol. The van der Waals surface area contributed by atoms with Crippen molar-refractivity contribution in [3.63, 3.8) is 0 Å². The summed E-state index contributed by atoms with van der Waals surface area (Å²) in [5, 5.41) is 3.62. The Morgan fingerprint density at radius 1 is 1.00 bits per heavy atom. The summed E-state index contributed by atoms with van der Waals surface area (Å²) < 4.78 is 20.8. The predicted molar refractivity (Wildman–Crippen MR) is 121 cm³/mol. The van der Waals surface area contributed by atoms with Gasteiger partial charge >= 0.3 is 6.03 Å². The van der Waals surface area contributed by atoms with Gasteiger partial charge in [-0.25, -0.2) is 14.2 Å². The van der Waals surface area contributed by atoms with Crippen molar-refractivity contribution < 1.29 is 13.9 Å². The Kier molecular flexibility index (Phi) is 5.94. The van der Waals surface area contributed by atoms with E-state index in [0.29, 0.717) is 32.8 Å². The molecule has 2 aliphatic heterocycles. The third-order valence-corrected chi connectivity index (χ3v) is 6.29. The van der Waals surface area contributed by atoms with Crippen molar-refractivity contribution in [2.45, 2.75) is 25.4 Å². The minimum atomic E-state index is -0.235. The number of urea groups is 1. The molecule has 2 saturated heterocycles. The number of carbonyl (C=O) groups excluding carboxylic acids is 1. The van der Waals surface area contributed by atoms with E-state index in [0.717, 1.165) is 48.5 Å². The Labute approximate surface area is 186 Å². The molecule has 1 aromatic heterocycles. The first-order valence-electron chi connectivity index (χ1n) is 11.3. The summed E-state index contributed by atoms with van der Waals surface area (Å²) >= 11 is 0. The van der Waals surface area contributed by atoms with Gasteiger partial charge < -0.3 is 24.4 Å². The highest BCUT2D eigenvalue weighted by molar-refractivity contribution is 5.79. The van der Waals surface area contributed by atoms with Crippen LogP contribution in [0.4, 0.5) is 15.1 Å². The number of fused-ring (bicyclic) bond motifs is 1. The minimum Gasteiger partial charge on any atom is -0.378 e. The second-order valence-corrected chi connectivity index (χ2v) is 8.42. The fourth-order valence-electron chi connectivity index (χ4n) is 4.47. The maximum atomic E-state index is 13.3. The van der Waals surface area contributed by atoms with E-state index in [2.05, 4.69) is 16.0 Å². The second-order valence-electron chi connectivity index (χ2n) is 8.42. The molecule has 7 nitrogen and oxygen atoms in total. The predicted octanol–water partition coefficient (Wildman–Crippen LogP) is 3.55. The Hall–Kier alpha value is -3.13. The van der Waals surface area contributed by atoms with Gasteiger partial charge in [0.05, 0.1) is 30.8 Å². The number of hydrogen-bond donors (Lipinski definition) is 1. The van der Waals surface area contributed by atoms with Gasteiger partial charge in [-0.2, -0.15) is 0 Å². The number of nitrogens with one attached hydrogen (secondary N) is 1. The molecule has 0 aliphatic carbocycles. The molecule has 0 saturated carbocycles. The average molecular weight is 438 g/mol. The molecule has 168 valence electrons. The molecule has 0 radical (unpaired) electrons. The van der Waals surface area contributed by atoms with Crippen LogP contribution < -0.4 is 5.32 Å². The number of carbonyl (C=O) groups is 1. The van der Waals surface area contributed by atoms with Crippen LogP contribution in [0.3, 0.4) is 0 Å². The highest BCUT2D eigenvalue weighted by Gasteiger charge is 2.28. The van der Waals surface area contributed by atoms with Crippen LogP contribution in [0.5, 0.6) is 0 Å². The van der Waals surface area contributed by atoms with E-state index >= 15 is 0 Å². The standard InChI is InChI=1S/C24H28FN5O2/c25-19-7-5-18(6-8-19)17-30-22-4-2-1-3-21(22)27-23(30)26-20-9-11-28(12-10-20)24(31)29-13-15-32-16-14-29/h1-8,20H,9-17H2,(H,26,27). The largest absolute Gasteiger partial charge is 0.378 e. The molecular formula is C24H28FN5O2. The topological polar surface area (TPSA) is 62.6 Å². The number of rotatable bonds is 4. The first-order valence-corrected chi connectivity index (χ1v) is 11.3. The van der Waals surface area contributed by atoms with Crippen molar-refractivity contribution in [1.29, 1.82) is 0 Å². The van der Waals surface area contributed by atoms with Gasteiger partial charge in [0.2, 0.25) is 5.95 Å². The number of nitrogens with zero attached hydrogens (tertiary/aromatic N) is 4. The fraction of sp³-hybridized carbons (Fsp3) is 0.417. The van der Waals surface area contributed by atoms with Crippen LogP contribution in [-0.4, -0.2) is 70.8 Å². The average Bonchev–Trinajstić information content (AvgIpc) is 3.18. The fourth-order valence-corrected chi connectivity index (χ4v) is 4.47. The first kappa shape index (κ1) is 20.8. The lowest BCUT2D eigenvalue weighted by atomic mass is 10.1. The molecule has 2 fully saturated rings. The molecule has 0 bridgehead atoms. The van der Waals surface area contributed by atoms with E-state index in [-0.39, 0.29) is 17.9 Å². The van der Waals surface area contributed by atoms with Gasteiger partial charge in [-0.3, -0.25) is 0 Å². The van der Waals surface area contributed by atoms with E-state index in [1.165, 1.54) is 12.1 Å². The van der Waals surface area contributed by atoms with Crippen LogP contribution in [0.15, 0.2) is 48.5 Å². The number of piperidine rings is 1. The summed E-state index contributed by atoms with van der Waals surface area (Å²) in [5.41, 5.74) is 2.99. The van der Waals surface area contributed by atoms with Crippen molar-refractivity contribution in [1.82, 2.24) is 19.4 Å². The number of likely N-dealkylation sites (tertiary alicyclic amines) is 1. The van der Waals surface area contributed by atoms with Gasteiger partial charge in [-0.1, -0.05) is 24.3 Å². The first-order chi connectivity index (χ1) is 15.7. The number of para-hydroxylation sites is 2. The van der Waals surface area contributed by atoms with Crippen molar-refractivity contribution in [2.24, 2.45) is 0 Å². The lowest BCUT2D eigenvalue weighted by molar-refractivity contribution is 0.0414. The number of anilines is 1. The minimum absolute atomic E-state index is 0.121. The normalized spacial score (nSPS) is 17.7. The van der Waals surface area contributed by atoms with Crippen molar-refractivity contribution in [3.8, 4) is 0 Å². The van der Waals surface area contributed by atoms with Gasteiger partial charge in [0.15, 0.2) is 0 Å². The summed E-state index contributed by atoms with van der Waals surface area (Å²) in [4.78, 5) is 21.4. The van der Waals surface area contributed by atoms with Gasteiger partial charge in [0, 0.05) is 32.2 Å². The summed E-state index contributed by atoms with van der Waals surface area (Å²) in [7, 11) is 0. The Balaban J connectivity index is 1.28. The molecule has 3 aromatic rings. The summed E-state index contributed by atoms with van der Waals surface area (Å²) in [6.45, 7) is 4.65. The quantitative estimate of drug-likeness (QED) is 0.678. The number of aromatic nitrogens is 2. The molecule has 2 aliphatic rings. The zero-order chi connectivity index (χ0) is 21.9. The van der Waals surface area contributed by atoms with Crippen LogP contribution in [-0.2, 0) is 11.3 Å². The zero-order valence-electron chi connectivity index (χ0n) is 18.0. The SMILES string of the molecule is O=C(N1CCOCC1)N1CCC(Nc2nc3ccccc3n2Cc2ccc(F)cc2)CC1. The molecule has 0 spiro atoms. The smallest absolute Gasteiger partial charge is 0.320 e. The zero-order valence-corrected chi connectivity index (χ0v) is 18.0. The van der Waals surface area contributed by atoms with Crippen molar-refractivity contribution in [3.05, 3.63) is 59.9 Å².